The van der Waals surface area contributed by atoms with E-state index in [-0.39, 0.29) is 17.9 Å². The fraction of sp³-hybridized carbons (Fsp3) is 0.569. The van der Waals surface area contributed by atoms with Crippen LogP contribution < -0.4 is 10.6 Å². The third kappa shape index (κ3) is 9.51. The van der Waals surface area contributed by atoms with Gasteiger partial charge in [-0.05, 0) is 76.0 Å². The molecule has 2 aromatic rings. The fourth-order valence-corrected chi connectivity index (χ4v) is 13.7. The van der Waals surface area contributed by atoms with Crippen molar-refractivity contribution in [2.45, 2.75) is 155 Å². The van der Waals surface area contributed by atoms with Crippen molar-refractivity contribution in [2.24, 2.45) is 22.7 Å². The van der Waals surface area contributed by atoms with Crippen molar-refractivity contribution in [2.75, 3.05) is 6.61 Å². The van der Waals surface area contributed by atoms with Crippen LogP contribution in [0, 0.1) is 22.7 Å². The second kappa shape index (κ2) is 19.1. The summed E-state index contributed by atoms with van der Waals surface area (Å²) in [5.41, 5.74) is -6.79. The normalized spacial score (nSPS) is 29.6. The highest BCUT2D eigenvalue weighted by Gasteiger charge is 2.76. The monoisotopic (exact) mass is 946 g/mol. The van der Waals surface area contributed by atoms with Gasteiger partial charge in [-0.2, -0.15) is 0 Å². The molecule has 2 unspecified atom stereocenters. The van der Waals surface area contributed by atoms with E-state index in [0.29, 0.717) is 29.3 Å². The second-order valence-corrected chi connectivity index (χ2v) is 25.1. The molecule has 15 nitrogen and oxygen atoms in total. The molecule has 2 bridgehead atoms. The molecular formula is C51H68N2O13Si. The Labute approximate surface area is 394 Å². The van der Waals surface area contributed by atoms with Crippen molar-refractivity contribution in [1.29, 1.82) is 0 Å². The smallest absolute Gasteiger partial charge is 0.341 e. The number of allylic oxidation sites excluding steroid dienone is 1. The van der Waals surface area contributed by atoms with Crippen molar-refractivity contribution in [3.05, 3.63) is 95.3 Å². The first-order valence-corrected chi connectivity index (χ1v) is 25.8. The first kappa shape index (κ1) is 51.2. The molecule has 2 aromatic carbocycles. The zero-order valence-corrected chi connectivity index (χ0v) is 41.9. The van der Waals surface area contributed by atoms with Gasteiger partial charge in [0.25, 0.3) is 0 Å². The van der Waals surface area contributed by atoms with Gasteiger partial charge in [-0.1, -0.05) is 95.3 Å². The Balaban J connectivity index is 1.59. The van der Waals surface area contributed by atoms with Gasteiger partial charge < -0.3 is 43.9 Å². The highest BCUT2D eigenvalue weighted by atomic mass is 28.4. The summed E-state index contributed by atoms with van der Waals surface area (Å²) in [4.78, 5) is 85.5. The van der Waals surface area contributed by atoms with Crippen molar-refractivity contribution in [1.82, 2.24) is 10.6 Å². The lowest BCUT2D eigenvalue weighted by atomic mass is 9.45. The van der Waals surface area contributed by atoms with E-state index in [0.717, 1.165) is 0 Å². The van der Waals surface area contributed by atoms with Crippen LogP contribution in [0.2, 0.25) is 18.1 Å². The average molecular weight is 947 g/mol. The van der Waals surface area contributed by atoms with E-state index in [9.17, 15) is 24.3 Å². The molecule has 1 saturated carbocycles. The summed E-state index contributed by atoms with van der Waals surface area (Å²) in [5.74, 6) is -6.49. The van der Waals surface area contributed by atoms with Gasteiger partial charge in [0.1, 0.15) is 23.6 Å². The maximum atomic E-state index is 15.7. The van der Waals surface area contributed by atoms with Gasteiger partial charge in [-0.3, -0.25) is 14.4 Å². The molecule has 364 valence electrons. The van der Waals surface area contributed by atoms with Crippen molar-refractivity contribution < 1.29 is 62.0 Å². The number of Topliss-reactive ketones (excluding diaryl/α,β-unsaturated/α-hetero) is 1. The number of amides is 2. The van der Waals surface area contributed by atoms with E-state index in [1.54, 1.807) is 94.4 Å². The van der Waals surface area contributed by atoms with E-state index in [1.165, 1.54) is 13.8 Å². The van der Waals surface area contributed by atoms with Crippen LogP contribution in [0.5, 0.6) is 0 Å². The van der Waals surface area contributed by atoms with Gasteiger partial charge in [0.15, 0.2) is 31.9 Å². The largest absolute Gasteiger partial charge is 0.455 e. The van der Waals surface area contributed by atoms with Gasteiger partial charge >= 0.3 is 29.9 Å². The Morgan fingerprint density at radius 1 is 0.925 bits per heavy atom. The SMILES string of the molecule is CC[Si](CC)(CC)O[C@@H](C(=O)OC1=C(C)C2[C@@H](OC(C)=O)C(=O)[C@]3(C)C=C[C@H]4OC[C@@]4(OC(C)=O)C3[C@H](OC(=O)c3ccccc3)[C@](O)(C1)C2(C)C)[C@@H](N[14C](=O)NC(C)(C)C)c1ccccc1. The molecular weight excluding hydrogens is 879 g/mol. The Morgan fingerprint density at radius 3 is 2.04 bits per heavy atom. The first-order valence-electron chi connectivity index (χ1n) is 23.3. The predicted octanol–water partition coefficient (Wildman–Crippen LogP) is 7.44. The lowest BCUT2D eigenvalue weighted by molar-refractivity contribution is -0.311. The molecule has 10 atom stereocenters. The summed E-state index contributed by atoms with van der Waals surface area (Å²) in [7, 11) is -2.71. The van der Waals surface area contributed by atoms with E-state index in [4.69, 9.17) is 28.1 Å². The molecule has 2 amide bonds. The maximum absolute atomic E-state index is 15.7. The molecule has 67 heavy (non-hydrogen) atoms. The number of fused-ring (bicyclic) bond motifs is 5. The molecule has 3 aliphatic carbocycles. The Kier molecular flexibility index (Phi) is 14.6. The van der Waals surface area contributed by atoms with E-state index in [1.807, 2.05) is 47.6 Å². The molecule has 0 aromatic heterocycles. The van der Waals surface area contributed by atoms with Crippen LogP contribution in [0.3, 0.4) is 0 Å². The minimum atomic E-state index is -2.71. The zero-order chi connectivity index (χ0) is 49.5. The van der Waals surface area contributed by atoms with E-state index >= 15 is 9.59 Å². The number of hydrogen-bond donors (Lipinski definition) is 3. The highest BCUT2D eigenvalue weighted by Crippen LogP contribution is 2.64. The first-order chi connectivity index (χ1) is 31.3. The number of rotatable bonds is 14. The third-order valence-electron chi connectivity index (χ3n) is 14.7. The summed E-state index contributed by atoms with van der Waals surface area (Å²) in [5, 5.41) is 19.9. The molecule has 1 saturated heterocycles. The average Bonchev–Trinajstić information content (AvgIpc) is 3.25. The summed E-state index contributed by atoms with van der Waals surface area (Å²) in [6.07, 6.45) is -2.90. The molecule has 0 spiro atoms. The minimum Gasteiger partial charge on any atom is -0.455 e. The lowest BCUT2D eigenvalue weighted by Gasteiger charge is -2.65. The van der Waals surface area contributed by atoms with Gasteiger partial charge in [-0.25, -0.2) is 14.4 Å². The number of carbonyl (C=O) groups excluding carboxylic acids is 6. The number of nitrogens with one attached hydrogen (secondary N) is 2. The number of ketones is 1. The summed E-state index contributed by atoms with van der Waals surface area (Å²) in [6.45, 7) is 20.3. The molecule has 1 heterocycles. The number of hydrogen-bond acceptors (Lipinski definition) is 13. The quantitative estimate of drug-likeness (QED) is 0.0731. The Bertz CT molecular complexity index is 2280. The molecule has 16 heteroatoms. The Morgan fingerprint density at radius 2 is 1.52 bits per heavy atom. The number of aliphatic hydroxyl groups is 1. The topological polar surface area (TPSA) is 202 Å². The van der Waals surface area contributed by atoms with Crippen molar-refractivity contribution >= 4 is 44.0 Å². The second-order valence-electron chi connectivity index (χ2n) is 20.3. The van der Waals surface area contributed by atoms with Crippen LogP contribution in [-0.2, 0) is 47.3 Å². The van der Waals surface area contributed by atoms with Crippen LogP contribution in [0.25, 0.3) is 0 Å². The van der Waals surface area contributed by atoms with Gasteiger partial charge in [0.2, 0.25) is 0 Å². The van der Waals surface area contributed by atoms with Crippen LogP contribution in [0.4, 0.5) is 4.79 Å². The molecule has 6 rings (SSSR count). The lowest BCUT2D eigenvalue weighted by Crippen LogP contribution is -2.79. The highest BCUT2D eigenvalue weighted by molar-refractivity contribution is 6.73. The van der Waals surface area contributed by atoms with E-state index in [2.05, 4.69) is 10.6 Å². The summed E-state index contributed by atoms with van der Waals surface area (Å²) in [6, 6.07) is 17.4. The molecule has 2 fully saturated rings. The Hall–Kier alpha value is -5.16. The van der Waals surface area contributed by atoms with Gasteiger partial charge in [-0.15, -0.1) is 0 Å². The number of urea groups is 1. The number of esters is 4. The maximum Gasteiger partial charge on any atom is 0.341 e. The van der Waals surface area contributed by atoms with Crippen LogP contribution in [0.15, 0.2) is 84.1 Å². The van der Waals surface area contributed by atoms with Crippen LogP contribution in [-0.4, -0.2) is 96.9 Å². The predicted molar refractivity (Wildman–Crippen MR) is 249 cm³/mol. The molecule has 3 N–H and O–H groups in total. The van der Waals surface area contributed by atoms with Gasteiger partial charge in [0, 0.05) is 37.1 Å². The van der Waals surface area contributed by atoms with Crippen LogP contribution >= 0.6 is 0 Å². The minimum absolute atomic E-state index is 0.0863. The van der Waals surface area contributed by atoms with Crippen molar-refractivity contribution in [3.8, 4) is 0 Å². The van der Waals surface area contributed by atoms with Gasteiger partial charge in [0.05, 0.1) is 29.5 Å². The molecule has 4 aliphatic rings. The van der Waals surface area contributed by atoms with Crippen molar-refractivity contribution in [3.63, 3.8) is 0 Å². The molecule has 1 aliphatic heterocycles. The number of benzene rings is 2. The standard InChI is InChI=1S/C51H68N2O13Si/c1-13-67(14-2,15-3)66-40(38(33-22-18-16-19-23-33)52-46(59)53-47(7,8)9)45(58)63-35-28-51(60)43(64-44(57)34-24-20-17-21-25-34)41-49(12,27-26-36-50(41,29-61-36)65-32(6)55)42(56)39(62-31(5)54)37(30(35)4)48(51,10)11/h16-27,36-41,43,60H,13-15,28-29H2,1-12H3,(H2,52,53,59)/t36-,37?,38+,39-,40-,41?,43+,49-,50+,51-/m1/s1/i46+2. The third-order valence-corrected chi connectivity index (χ3v) is 19.3. The number of ether oxygens (including phenoxy) is 5. The molecule has 0 radical (unpaired) electrons. The summed E-state index contributed by atoms with van der Waals surface area (Å²) < 4.78 is 38.3. The number of carbonyl (C=O) groups is 6. The zero-order valence-electron chi connectivity index (χ0n) is 40.9. The summed E-state index contributed by atoms with van der Waals surface area (Å²) >= 11 is 0. The van der Waals surface area contributed by atoms with E-state index < -0.39 is 120 Å². The fourth-order valence-electron chi connectivity index (χ4n) is 10.9. The van der Waals surface area contributed by atoms with Crippen LogP contribution in [0.1, 0.15) is 111 Å².